The summed E-state index contributed by atoms with van der Waals surface area (Å²) in [7, 11) is 1.40. The van der Waals surface area contributed by atoms with E-state index in [9.17, 15) is 9.18 Å². The van der Waals surface area contributed by atoms with E-state index < -0.39 is 5.82 Å². The van der Waals surface area contributed by atoms with Crippen LogP contribution >= 0.6 is 11.6 Å². The number of hydrogen-bond donors (Lipinski definition) is 0. The Labute approximate surface area is 187 Å². The maximum Gasteiger partial charge on any atom is 0.254 e. The molecule has 1 aromatic heterocycles. The summed E-state index contributed by atoms with van der Waals surface area (Å²) in [6.07, 6.45) is 1.76. The number of halogens is 2. The van der Waals surface area contributed by atoms with Crippen LogP contribution in [0.5, 0.6) is 5.75 Å². The highest BCUT2D eigenvalue weighted by atomic mass is 35.5. The summed E-state index contributed by atoms with van der Waals surface area (Å²) < 4.78 is 21.3. The highest BCUT2D eigenvalue weighted by Crippen LogP contribution is 2.24. The third-order valence-corrected chi connectivity index (χ3v) is 5.47. The monoisotopic (exact) mass is 445 g/mol. The Kier molecular flexibility index (Phi) is 7.55. The molecule has 0 radical (unpaired) electrons. The molecule has 0 aliphatic rings. The van der Waals surface area contributed by atoms with E-state index >= 15 is 0 Å². The predicted octanol–water partition coefficient (Wildman–Crippen LogP) is 5.94. The zero-order chi connectivity index (χ0) is 22.5. The van der Waals surface area contributed by atoms with E-state index in [0.29, 0.717) is 29.6 Å². The van der Waals surface area contributed by atoms with Gasteiger partial charge in [-0.05, 0) is 55.2 Å². The van der Waals surface area contributed by atoms with Crippen molar-refractivity contribution in [1.29, 1.82) is 0 Å². The van der Waals surface area contributed by atoms with E-state index in [1.807, 2.05) is 18.2 Å². The quantitative estimate of drug-likeness (QED) is 0.409. The number of ether oxygens (including phenoxy) is 1. The van der Waals surface area contributed by atoms with E-state index in [4.69, 9.17) is 21.3 Å². The molecule has 0 atom stereocenters. The Morgan fingerprint density at radius 1 is 1.26 bits per heavy atom. The molecule has 166 valence electrons. The van der Waals surface area contributed by atoms with E-state index in [1.54, 1.807) is 11.0 Å². The SMILES string of the molecule is CCCn1c(CN(CCC(C)C)C(=O)c2ccc(OC)c(F)c2)nc2ccc(Cl)cc21. The highest BCUT2D eigenvalue weighted by molar-refractivity contribution is 6.31. The van der Waals surface area contributed by atoms with Crippen LogP contribution in [-0.4, -0.2) is 34.0 Å². The first kappa shape index (κ1) is 23.1. The van der Waals surface area contributed by atoms with Gasteiger partial charge in [0, 0.05) is 23.7 Å². The third-order valence-electron chi connectivity index (χ3n) is 5.23. The van der Waals surface area contributed by atoms with E-state index in [1.165, 1.54) is 19.2 Å². The van der Waals surface area contributed by atoms with Gasteiger partial charge in [0.2, 0.25) is 0 Å². The lowest BCUT2D eigenvalue weighted by Gasteiger charge is -2.24. The molecule has 1 heterocycles. The molecule has 0 aliphatic heterocycles. The molecule has 1 amide bonds. The van der Waals surface area contributed by atoms with Gasteiger partial charge in [-0.2, -0.15) is 0 Å². The zero-order valence-electron chi connectivity index (χ0n) is 18.5. The molecular formula is C24H29ClFN3O2. The van der Waals surface area contributed by atoms with Crippen molar-refractivity contribution in [3.63, 3.8) is 0 Å². The molecule has 7 heteroatoms. The van der Waals surface area contributed by atoms with Gasteiger partial charge >= 0.3 is 0 Å². The fourth-order valence-corrected chi connectivity index (χ4v) is 3.73. The molecule has 5 nitrogen and oxygen atoms in total. The van der Waals surface area contributed by atoms with Crippen molar-refractivity contribution in [3.05, 3.63) is 58.6 Å². The van der Waals surface area contributed by atoms with Gasteiger partial charge in [0.25, 0.3) is 5.91 Å². The molecule has 0 aliphatic carbocycles. The lowest BCUT2D eigenvalue weighted by atomic mass is 10.1. The fourth-order valence-electron chi connectivity index (χ4n) is 3.56. The van der Waals surface area contributed by atoms with Crippen LogP contribution in [0.4, 0.5) is 4.39 Å². The Bertz CT molecular complexity index is 1060. The second-order valence-electron chi connectivity index (χ2n) is 8.07. The van der Waals surface area contributed by atoms with Crippen LogP contribution < -0.4 is 4.74 Å². The van der Waals surface area contributed by atoms with E-state index in [2.05, 4.69) is 25.3 Å². The molecule has 0 saturated heterocycles. The second-order valence-corrected chi connectivity index (χ2v) is 8.51. The molecule has 0 unspecified atom stereocenters. The summed E-state index contributed by atoms with van der Waals surface area (Å²) in [5.41, 5.74) is 2.10. The van der Waals surface area contributed by atoms with Crippen molar-refractivity contribution in [2.24, 2.45) is 5.92 Å². The summed E-state index contributed by atoms with van der Waals surface area (Å²) in [6, 6.07) is 9.94. The minimum atomic E-state index is -0.551. The zero-order valence-corrected chi connectivity index (χ0v) is 19.2. The average molecular weight is 446 g/mol. The van der Waals surface area contributed by atoms with Crippen LogP contribution in [0.2, 0.25) is 5.02 Å². The summed E-state index contributed by atoms with van der Waals surface area (Å²) in [5.74, 6) is 0.564. The molecule has 0 fully saturated rings. The molecule has 0 bridgehead atoms. The first-order valence-corrected chi connectivity index (χ1v) is 11.0. The van der Waals surface area contributed by atoms with Gasteiger partial charge in [-0.25, -0.2) is 9.37 Å². The van der Waals surface area contributed by atoms with Crippen LogP contribution in [0.3, 0.4) is 0 Å². The van der Waals surface area contributed by atoms with Crippen LogP contribution in [0, 0.1) is 11.7 Å². The number of hydrogen-bond acceptors (Lipinski definition) is 3. The molecule has 2 aromatic carbocycles. The standard InChI is InChI=1S/C24H29ClFN3O2/c1-5-11-29-21-14-18(25)7-8-20(21)27-23(29)15-28(12-10-16(2)3)24(30)17-6-9-22(31-4)19(26)13-17/h6-9,13-14,16H,5,10-12,15H2,1-4H3. The van der Waals surface area contributed by atoms with Gasteiger partial charge in [-0.1, -0.05) is 32.4 Å². The largest absolute Gasteiger partial charge is 0.494 e. The van der Waals surface area contributed by atoms with Gasteiger partial charge in [0.15, 0.2) is 11.6 Å². The Balaban J connectivity index is 1.97. The summed E-state index contributed by atoms with van der Waals surface area (Å²) >= 11 is 6.21. The van der Waals surface area contributed by atoms with Crippen molar-refractivity contribution in [1.82, 2.24) is 14.5 Å². The van der Waals surface area contributed by atoms with Crippen LogP contribution in [0.15, 0.2) is 36.4 Å². The molecule has 31 heavy (non-hydrogen) atoms. The number of amides is 1. The second kappa shape index (κ2) is 10.1. The number of nitrogens with zero attached hydrogens (tertiary/aromatic N) is 3. The molecule has 3 aromatic rings. The molecule has 0 spiro atoms. The maximum atomic E-state index is 14.2. The number of benzene rings is 2. The highest BCUT2D eigenvalue weighted by Gasteiger charge is 2.21. The topological polar surface area (TPSA) is 47.4 Å². The summed E-state index contributed by atoms with van der Waals surface area (Å²) in [5, 5.41) is 0.651. The first-order valence-electron chi connectivity index (χ1n) is 10.6. The fraction of sp³-hybridized carbons (Fsp3) is 0.417. The Hall–Kier alpha value is -2.60. The average Bonchev–Trinajstić information content (AvgIpc) is 3.07. The molecule has 3 rings (SSSR count). The normalized spacial score (nSPS) is 11.3. The lowest BCUT2D eigenvalue weighted by Crippen LogP contribution is -2.33. The number of carbonyl (C=O) groups excluding carboxylic acids is 1. The number of imidazole rings is 1. The van der Waals surface area contributed by atoms with Crippen LogP contribution in [0.25, 0.3) is 11.0 Å². The third kappa shape index (κ3) is 5.37. The summed E-state index contributed by atoms with van der Waals surface area (Å²) in [6.45, 7) is 8.00. The molecule has 0 N–H and O–H groups in total. The summed E-state index contributed by atoms with van der Waals surface area (Å²) in [4.78, 5) is 19.8. The number of fused-ring (bicyclic) bond motifs is 1. The minimum Gasteiger partial charge on any atom is -0.494 e. The number of methoxy groups -OCH3 is 1. The Morgan fingerprint density at radius 3 is 2.68 bits per heavy atom. The van der Waals surface area contributed by atoms with Crippen molar-refractivity contribution in [2.45, 2.75) is 46.7 Å². The number of carbonyl (C=O) groups is 1. The first-order chi connectivity index (χ1) is 14.8. The minimum absolute atomic E-state index is 0.117. The van der Waals surface area contributed by atoms with Crippen molar-refractivity contribution in [3.8, 4) is 5.75 Å². The van der Waals surface area contributed by atoms with Gasteiger partial charge in [-0.15, -0.1) is 0 Å². The van der Waals surface area contributed by atoms with Gasteiger partial charge in [-0.3, -0.25) is 4.79 Å². The van der Waals surface area contributed by atoms with Gasteiger partial charge in [0.1, 0.15) is 5.82 Å². The number of aryl methyl sites for hydroxylation is 1. The van der Waals surface area contributed by atoms with Gasteiger partial charge in [0.05, 0.1) is 24.7 Å². The Morgan fingerprint density at radius 2 is 2.03 bits per heavy atom. The van der Waals surface area contributed by atoms with Crippen molar-refractivity contribution >= 4 is 28.5 Å². The van der Waals surface area contributed by atoms with Crippen LogP contribution in [-0.2, 0) is 13.1 Å². The van der Waals surface area contributed by atoms with Crippen molar-refractivity contribution in [2.75, 3.05) is 13.7 Å². The van der Waals surface area contributed by atoms with Gasteiger partial charge < -0.3 is 14.2 Å². The smallest absolute Gasteiger partial charge is 0.254 e. The molecular weight excluding hydrogens is 417 g/mol. The van der Waals surface area contributed by atoms with E-state index in [0.717, 1.165) is 36.2 Å². The van der Waals surface area contributed by atoms with Crippen LogP contribution in [0.1, 0.15) is 49.8 Å². The molecule has 0 saturated carbocycles. The predicted molar refractivity (Wildman–Crippen MR) is 122 cm³/mol. The van der Waals surface area contributed by atoms with E-state index in [-0.39, 0.29) is 11.7 Å². The lowest BCUT2D eigenvalue weighted by molar-refractivity contribution is 0.0728. The number of aromatic nitrogens is 2. The number of rotatable bonds is 9. The van der Waals surface area contributed by atoms with Crippen molar-refractivity contribution < 1.29 is 13.9 Å². The maximum absolute atomic E-state index is 14.2.